The molecule has 0 saturated carbocycles. The maximum atomic E-state index is 5.98. The van der Waals surface area contributed by atoms with Crippen molar-refractivity contribution in [2.45, 2.75) is 6.92 Å². The van der Waals surface area contributed by atoms with Crippen LogP contribution in [0.1, 0.15) is 6.92 Å². The maximum absolute atomic E-state index is 5.98. The van der Waals surface area contributed by atoms with Crippen LogP contribution in [0.15, 0.2) is 0 Å². The molecule has 0 bridgehead atoms. The quantitative estimate of drug-likeness (QED) is 0.467. The molecule has 0 aliphatic carbocycles. The summed E-state index contributed by atoms with van der Waals surface area (Å²) in [4.78, 5) is 0. The molecule has 0 aromatic heterocycles. The highest BCUT2D eigenvalue weighted by Gasteiger charge is 2.20. The predicted molar refractivity (Wildman–Crippen MR) is 75.5 cm³/mol. The Balaban J connectivity index is 2.92. The average molecular weight is 337 g/mol. The molecule has 1 aromatic rings. The lowest BCUT2D eigenvalue weighted by Crippen LogP contribution is -2.20. The molecule has 1 aromatic carbocycles. The first-order valence-electron chi connectivity index (χ1n) is 4.85. The van der Waals surface area contributed by atoms with E-state index in [1.165, 1.54) is 0 Å². The molecule has 0 aliphatic rings. The van der Waals surface area contributed by atoms with E-state index in [0.29, 0.717) is 13.2 Å². The minimum absolute atomic E-state index is 0.127. The van der Waals surface area contributed by atoms with Gasteiger partial charge in [-0.15, -0.1) is 0 Å². The van der Waals surface area contributed by atoms with Gasteiger partial charge >= 0.3 is 0 Å². The Morgan fingerprint density at radius 2 is 1.35 bits per heavy atom. The van der Waals surface area contributed by atoms with Crippen molar-refractivity contribution < 1.29 is 4.74 Å². The van der Waals surface area contributed by atoms with E-state index in [1.54, 1.807) is 0 Å². The van der Waals surface area contributed by atoms with E-state index in [-0.39, 0.29) is 30.9 Å². The van der Waals surface area contributed by atoms with E-state index in [4.69, 9.17) is 62.7 Å². The smallest absolute Gasteiger partial charge is 0.159 e. The molecule has 0 aliphatic heterocycles. The van der Waals surface area contributed by atoms with Gasteiger partial charge in [-0.25, -0.2) is 0 Å². The molecular weight excluding hydrogens is 327 g/mol. The SMILES string of the molecule is CCNCCOc1c(Cl)c(Cl)c(Cl)c(Cl)c1Cl. The summed E-state index contributed by atoms with van der Waals surface area (Å²) in [6.07, 6.45) is 0. The molecule has 0 spiro atoms. The van der Waals surface area contributed by atoms with Crippen molar-refractivity contribution in [3.8, 4) is 5.75 Å². The molecule has 1 rings (SSSR count). The van der Waals surface area contributed by atoms with Gasteiger partial charge < -0.3 is 10.1 Å². The van der Waals surface area contributed by atoms with Crippen LogP contribution in [0.25, 0.3) is 0 Å². The second-order valence-electron chi connectivity index (χ2n) is 3.10. The third-order valence-corrected chi connectivity index (χ3v) is 4.19. The Bertz CT molecular complexity index is 381. The van der Waals surface area contributed by atoms with Crippen LogP contribution in [0.4, 0.5) is 0 Å². The van der Waals surface area contributed by atoms with Crippen LogP contribution in [0.3, 0.4) is 0 Å². The Morgan fingerprint density at radius 3 is 1.82 bits per heavy atom. The van der Waals surface area contributed by atoms with E-state index in [0.717, 1.165) is 6.54 Å². The summed E-state index contributed by atoms with van der Waals surface area (Å²) >= 11 is 29.6. The highest BCUT2D eigenvalue weighted by Crippen LogP contribution is 2.48. The molecule has 96 valence electrons. The summed E-state index contributed by atoms with van der Waals surface area (Å²) in [5.41, 5.74) is 0. The van der Waals surface area contributed by atoms with Crippen molar-refractivity contribution in [2.24, 2.45) is 0 Å². The van der Waals surface area contributed by atoms with Gasteiger partial charge in [0, 0.05) is 6.54 Å². The lowest BCUT2D eigenvalue weighted by atomic mass is 10.3. The normalized spacial score (nSPS) is 10.7. The summed E-state index contributed by atoms with van der Waals surface area (Å²) in [7, 11) is 0. The molecule has 0 unspecified atom stereocenters. The monoisotopic (exact) mass is 335 g/mol. The van der Waals surface area contributed by atoms with Gasteiger partial charge in [-0.2, -0.15) is 0 Å². The van der Waals surface area contributed by atoms with E-state index in [1.807, 2.05) is 6.92 Å². The third kappa shape index (κ3) is 3.69. The standard InChI is InChI=1S/C10H10Cl5NO/c1-2-16-3-4-17-10-8(14)6(12)5(11)7(13)9(10)15/h16H,2-4H2,1H3. The van der Waals surface area contributed by atoms with Crippen LogP contribution < -0.4 is 10.1 Å². The fraction of sp³-hybridized carbons (Fsp3) is 0.400. The molecule has 1 N–H and O–H groups in total. The summed E-state index contributed by atoms with van der Waals surface area (Å²) in [6.45, 7) is 3.92. The molecule has 0 saturated heterocycles. The number of ether oxygens (including phenoxy) is 1. The summed E-state index contributed by atoms with van der Waals surface area (Å²) in [6, 6.07) is 0. The highest BCUT2D eigenvalue weighted by molar-refractivity contribution is 6.55. The van der Waals surface area contributed by atoms with Crippen LogP contribution in [0, 0.1) is 0 Å². The maximum Gasteiger partial charge on any atom is 0.159 e. The van der Waals surface area contributed by atoms with E-state index < -0.39 is 0 Å². The lowest BCUT2D eigenvalue weighted by molar-refractivity contribution is 0.316. The van der Waals surface area contributed by atoms with Gasteiger partial charge in [-0.05, 0) is 6.54 Å². The van der Waals surface area contributed by atoms with Crippen LogP contribution in [-0.4, -0.2) is 19.7 Å². The zero-order chi connectivity index (χ0) is 13.0. The topological polar surface area (TPSA) is 21.3 Å². The molecule has 2 nitrogen and oxygen atoms in total. The van der Waals surface area contributed by atoms with Gasteiger partial charge in [0.1, 0.15) is 16.7 Å². The van der Waals surface area contributed by atoms with Crippen LogP contribution >= 0.6 is 58.0 Å². The van der Waals surface area contributed by atoms with Crippen molar-refractivity contribution in [3.05, 3.63) is 25.1 Å². The second kappa shape index (κ2) is 7.13. The zero-order valence-electron chi connectivity index (χ0n) is 8.92. The van der Waals surface area contributed by atoms with Crippen LogP contribution in [-0.2, 0) is 0 Å². The lowest BCUT2D eigenvalue weighted by Gasteiger charge is -2.13. The predicted octanol–water partition coefficient (Wildman–Crippen LogP) is 4.94. The molecule has 0 radical (unpaired) electrons. The third-order valence-electron chi connectivity index (χ3n) is 1.94. The molecule has 0 heterocycles. The molecule has 17 heavy (non-hydrogen) atoms. The zero-order valence-corrected chi connectivity index (χ0v) is 12.7. The highest BCUT2D eigenvalue weighted by atomic mass is 35.5. The van der Waals surface area contributed by atoms with Crippen LogP contribution in [0.5, 0.6) is 5.75 Å². The van der Waals surface area contributed by atoms with Gasteiger partial charge in [0.05, 0.1) is 15.1 Å². The minimum atomic E-state index is 0.127. The van der Waals surface area contributed by atoms with Crippen molar-refractivity contribution in [1.82, 2.24) is 5.32 Å². The van der Waals surface area contributed by atoms with E-state index in [2.05, 4.69) is 5.32 Å². The Kier molecular flexibility index (Phi) is 6.49. The summed E-state index contributed by atoms with van der Waals surface area (Å²) in [5.74, 6) is 0.255. The van der Waals surface area contributed by atoms with Crippen molar-refractivity contribution in [2.75, 3.05) is 19.7 Å². The van der Waals surface area contributed by atoms with Gasteiger partial charge in [0.25, 0.3) is 0 Å². The van der Waals surface area contributed by atoms with E-state index in [9.17, 15) is 0 Å². The number of hydrogen-bond acceptors (Lipinski definition) is 2. The molecule has 0 fully saturated rings. The fourth-order valence-electron chi connectivity index (χ4n) is 1.11. The number of benzene rings is 1. The number of likely N-dealkylation sites (N-methyl/N-ethyl adjacent to an activating group) is 1. The Hall–Kier alpha value is 0.430. The van der Waals surface area contributed by atoms with Gasteiger partial charge in [-0.3, -0.25) is 0 Å². The van der Waals surface area contributed by atoms with Gasteiger partial charge in [0.15, 0.2) is 5.75 Å². The van der Waals surface area contributed by atoms with Crippen molar-refractivity contribution in [1.29, 1.82) is 0 Å². The Morgan fingerprint density at radius 1 is 0.882 bits per heavy atom. The summed E-state index contributed by atoms with van der Waals surface area (Å²) in [5, 5.41) is 3.84. The minimum Gasteiger partial charge on any atom is -0.489 e. The first-order valence-corrected chi connectivity index (χ1v) is 6.74. The van der Waals surface area contributed by atoms with E-state index >= 15 is 0 Å². The first kappa shape index (κ1) is 15.5. The molecule has 0 atom stereocenters. The average Bonchev–Trinajstić information content (AvgIpc) is 2.33. The number of halogens is 5. The van der Waals surface area contributed by atoms with Crippen molar-refractivity contribution in [3.63, 3.8) is 0 Å². The Labute approximate surface area is 125 Å². The number of hydrogen-bond donors (Lipinski definition) is 1. The number of nitrogens with one attached hydrogen (secondary N) is 1. The van der Waals surface area contributed by atoms with Gasteiger partial charge in [0.2, 0.25) is 0 Å². The fourth-order valence-corrected chi connectivity index (χ4v) is 2.34. The molecule has 7 heteroatoms. The number of rotatable bonds is 5. The summed E-state index contributed by atoms with van der Waals surface area (Å²) < 4.78 is 5.43. The van der Waals surface area contributed by atoms with Gasteiger partial charge in [-0.1, -0.05) is 64.9 Å². The van der Waals surface area contributed by atoms with Crippen LogP contribution in [0.2, 0.25) is 25.1 Å². The second-order valence-corrected chi connectivity index (χ2v) is 4.99. The molecular formula is C10H10Cl5NO. The first-order chi connectivity index (χ1) is 8.00. The largest absolute Gasteiger partial charge is 0.489 e. The van der Waals surface area contributed by atoms with Crippen molar-refractivity contribution >= 4 is 58.0 Å². The molecule has 0 amide bonds.